The zero-order chi connectivity index (χ0) is 23.8. The lowest BCUT2D eigenvalue weighted by atomic mass is 9.98. The van der Waals surface area contributed by atoms with Crippen LogP contribution in [0.5, 0.6) is 11.5 Å². The molecule has 0 fully saturated rings. The Morgan fingerprint density at radius 2 is 1.74 bits per heavy atom. The highest BCUT2D eigenvalue weighted by molar-refractivity contribution is 7.25. The lowest BCUT2D eigenvalue weighted by molar-refractivity contribution is -0.137. The summed E-state index contributed by atoms with van der Waals surface area (Å²) in [6.45, 7) is 1.55. The molecule has 2 N–H and O–H groups in total. The van der Waals surface area contributed by atoms with E-state index in [9.17, 15) is 9.90 Å². The lowest BCUT2D eigenvalue weighted by Gasteiger charge is -2.19. The van der Waals surface area contributed by atoms with Gasteiger partial charge in [0.25, 0.3) is 0 Å². The lowest BCUT2D eigenvalue weighted by Crippen LogP contribution is -2.17. The monoisotopic (exact) mass is 483 g/mol. The molecule has 0 amide bonds. The molecule has 0 bridgehead atoms. The summed E-state index contributed by atoms with van der Waals surface area (Å²) < 4.78 is 12.4. The number of nitrogens with one attached hydrogen (secondary N) is 1. The molecule has 3 aromatic carbocycles. The Morgan fingerprint density at radius 3 is 2.57 bits per heavy atom. The topological polar surface area (TPSA) is 93.6 Å². The summed E-state index contributed by atoms with van der Waals surface area (Å²) in [7, 11) is 0. The molecule has 2 aromatic heterocycles. The second-order valence-corrected chi connectivity index (χ2v) is 9.25. The first-order valence-electron chi connectivity index (χ1n) is 11.3. The molecule has 7 nitrogen and oxygen atoms in total. The van der Waals surface area contributed by atoms with Gasteiger partial charge < -0.3 is 19.9 Å². The minimum atomic E-state index is -0.991. The largest absolute Gasteiger partial charge is 0.486 e. The van der Waals surface area contributed by atoms with E-state index in [2.05, 4.69) is 5.32 Å². The van der Waals surface area contributed by atoms with Crippen molar-refractivity contribution in [3.8, 4) is 11.5 Å². The van der Waals surface area contributed by atoms with E-state index in [-0.39, 0.29) is 5.82 Å². The third-order valence-corrected chi connectivity index (χ3v) is 7.03. The zero-order valence-electron chi connectivity index (χ0n) is 18.6. The predicted molar refractivity (Wildman–Crippen MR) is 136 cm³/mol. The van der Waals surface area contributed by atoms with Gasteiger partial charge in [-0.2, -0.15) is 0 Å². The molecule has 0 aliphatic carbocycles. The third-order valence-electron chi connectivity index (χ3n) is 5.96. The number of carbonyl (C=O) groups is 1. The van der Waals surface area contributed by atoms with Crippen LogP contribution in [0.1, 0.15) is 22.9 Å². The van der Waals surface area contributed by atoms with Crippen molar-refractivity contribution in [2.45, 2.75) is 12.5 Å². The summed E-state index contributed by atoms with van der Waals surface area (Å²) in [4.78, 5) is 22.6. The first-order valence-corrected chi connectivity index (χ1v) is 12.1. The van der Waals surface area contributed by atoms with Gasteiger partial charge in [-0.3, -0.25) is 4.79 Å². The number of hydrogen-bond donors (Lipinski definition) is 2. The van der Waals surface area contributed by atoms with Crippen LogP contribution in [0.4, 0.5) is 5.82 Å². The van der Waals surface area contributed by atoms with Gasteiger partial charge in [-0.05, 0) is 29.3 Å². The van der Waals surface area contributed by atoms with Crippen molar-refractivity contribution in [2.75, 3.05) is 18.5 Å². The van der Waals surface area contributed by atoms with Crippen LogP contribution in [0, 0.1) is 0 Å². The maximum Gasteiger partial charge on any atom is 0.318 e. The van der Waals surface area contributed by atoms with E-state index in [4.69, 9.17) is 19.4 Å². The summed E-state index contributed by atoms with van der Waals surface area (Å²) in [6.07, 6.45) is 0. The number of nitrogens with zero attached hydrogens (tertiary/aromatic N) is 2. The van der Waals surface area contributed by atoms with E-state index in [1.54, 1.807) is 12.1 Å². The molecule has 6 rings (SSSR count). The molecule has 174 valence electrons. The van der Waals surface area contributed by atoms with E-state index in [0.717, 1.165) is 37.4 Å². The number of benzene rings is 3. The van der Waals surface area contributed by atoms with Crippen LogP contribution < -0.4 is 14.8 Å². The van der Waals surface area contributed by atoms with Crippen molar-refractivity contribution in [3.05, 3.63) is 89.7 Å². The maximum atomic E-state index is 12.3. The molecular formula is C27H21N3O4S. The molecule has 1 aliphatic heterocycles. The van der Waals surface area contributed by atoms with E-state index in [1.165, 1.54) is 11.3 Å². The maximum absolute atomic E-state index is 12.3. The van der Waals surface area contributed by atoms with Crippen LogP contribution >= 0.6 is 11.3 Å². The first-order chi connectivity index (χ1) is 17.2. The number of aliphatic carboxylic acids is 1. The number of anilines is 1. The number of ether oxygens (including phenoxy) is 2. The summed E-state index contributed by atoms with van der Waals surface area (Å²) in [5, 5.41) is 15.5. The van der Waals surface area contributed by atoms with E-state index in [1.807, 2.05) is 60.7 Å². The summed E-state index contributed by atoms with van der Waals surface area (Å²) in [6, 6.07) is 23.0. The molecule has 0 spiro atoms. The van der Waals surface area contributed by atoms with Crippen molar-refractivity contribution >= 4 is 43.4 Å². The van der Waals surface area contributed by atoms with Gasteiger partial charge in [0.2, 0.25) is 0 Å². The van der Waals surface area contributed by atoms with Crippen molar-refractivity contribution < 1.29 is 19.4 Å². The van der Waals surface area contributed by atoms with Gasteiger partial charge >= 0.3 is 5.97 Å². The average molecular weight is 484 g/mol. The molecular weight excluding hydrogens is 462 g/mol. The van der Waals surface area contributed by atoms with Crippen LogP contribution in [0.2, 0.25) is 0 Å². The molecule has 8 heteroatoms. The molecule has 0 saturated carbocycles. The summed E-state index contributed by atoms with van der Waals surface area (Å²) in [5.74, 6) is 0.366. The Bertz CT molecular complexity index is 1550. The fourth-order valence-electron chi connectivity index (χ4n) is 4.33. The van der Waals surface area contributed by atoms with E-state index < -0.39 is 11.9 Å². The van der Waals surface area contributed by atoms with Gasteiger partial charge in [0.1, 0.15) is 29.8 Å². The average Bonchev–Trinajstić information content (AvgIpc) is 3.26. The van der Waals surface area contributed by atoms with Gasteiger partial charge in [-0.25, -0.2) is 9.97 Å². The molecule has 1 atom stereocenters. The van der Waals surface area contributed by atoms with Gasteiger partial charge in [-0.15, -0.1) is 11.3 Å². The quantitative estimate of drug-likeness (QED) is 0.332. The molecule has 0 saturated heterocycles. The standard InChI is InChI=1S/C27H21N3O4S/c31-27(32)22(17-6-2-1-3-7-17)25-29-24(23-18-8-4-5-9-21(18)35-26(23)30-25)28-15-16-10-11-19-20(14-16)34-13-12-33-19/h1-11,14,22H,12-13,15H2,(H,31,32)(H,28,29,30). The van der Waals surface area contributed by atoms with Gasteiger partial charge in [0.05, 0.1) is 5.39 Å². The summed E-state index contributed by atoms with van der Waals surface area (Å²) >= 11 is 1.53. The van der Waals surface area contributed by atoms with Crippen molar-refractivity contribution in [1.82, 2.24) is 9.97 Å². The second-order valence-electron chi connectivity index (χ2n) is 8.22. The van der Waals surface area contributed by atoms with Crippen LogP contribution in [0.3, 0.4) is 0 Å². The molecule has 3 heterocycles. The van der Waals surface area contributed by atoms with Crippen LogP contribution in [0.25, 0.3) is 20.3 Å². The Morgan fingerprint density at radius 1 is 0.971 bits per heavy atom. The number of thiophene rings is 1. The number of fused-ring (bicyclic) bond motifs is 4. The highest BCUT2D eigenvalue weighted by Crippen LogP contribution is 2.38. The van der Waals surface area contributed by atoms with Gasteiger partial charge in [-0.1, -0.05) is 54.6 Å². The predicted octanol–water partition coefficient (Wildman–Crippen LogP) is 5.44. The van der Waals surface area contributed by atoms with Crippen molar-refractivity contribution in [2.24, 2.45) is 0 Å². The second kappa shape index (κ2) is 8.88. The Labute approximate surface area is 205 Å². The number of carboxylic acids is 1. The SMILES string of the molecule is O=C(O)C(c1ccccc1)c1nc(NCc2ccc3c(c2)OCCO3)c2c(n1)sc1ccccc12. The Hall–Kier alpha value is -4.17. The minimum absolute atomic E-state index is 0.257. The zero-order valence-corrected chi connectivity index (χ0v) is 19.4. The van der Waals surface area contributed by atoms with Crippen LogP contribution in [-0.2, 0) is 11.3 Å². The number of carboxylic acid groups (broad SMARTS) is 1. The smallest absolute Gasteiger partial charge is 0.318 e. The van der Waals surface area contributed by atoms with Crippen molar-refractivity contribution in [1.29, 1.82) is 0 Å². The molecule has 35 heavy (non-hydrogen) atoms. The Balaban J connectivity index is 1.44. The van der Waals surface area contributed by atoms with Crippen LogP contribution in [-0.4, -0.2) is 34.3 Å². The first kappa shape index (κ1) is 21.4. The number of aromatic nitrogens is 2. The van der Waals surface area contributed by atoms with E-state index in [0.29, 0.717) is 31.1 Å². The minimum Gasteiger partial charge on any atom is -0.486 e. The van der Waals surface area contributed by atoms with Crippen LogP contribution in [0.15, 0.2) is 72.8 Å². The molecule has 1 aliphatic rings. The number of rotatable bonds is 6. The van der Waals surface area contributed by atoms with E-state index >= 15 is 0 Å². The fraction of sp³-hybridized carbons (Fsp3) is 0.148. The Kier molecular flexibility index (Phi) is 5.42. The molecule has 1 unspecified atom stereocenters. The molecule has 0 radical (unpaired) electrons. The number of hydrogen-bond acceptors (Lipinski definition) is 7. The fourth-order valence-corrected chi connectivity index (χ4v) is 5.41. The molecule has 5 aromatic rings. The normalized spacial score (nSPS) is 13.6. The highest BCUT2D eigenvalue weighted by Gasteiger charge is 2.27. The van der Waals surface area contributed by atoms with Gasteiger partial charge in [0.15, 0.2) is 17.3 Å². The highest BCUT2D eigenvalue weighted by atomic mass is 32.1. The third kappa shape index (κ3) is 4.02. The van der Waals surface area contributed by atoms with Gasteiger partial charge in [0, 0.05) is 16.6 Å². The van der Waals surface area contributed by atoms with Crippen molar-refractivity contribution in [3.63, 3.8) is 0 Å². The summed E-state index contributed by atoms with van der Waals surface area (Å²) in [5.41, 5.74) is 1.64.